The Bertz CT molecular complexity index is 670. The van der Waals surface area contributed by atoms with Gasteiger partial charge in [0.25, 0.3) is 0 Å². The standard InChI is InChI=1S/C23H30F6/c1-2-3-15-4-9-18(10-5-15)22(26,27)23(28,29)19-11-6-16(7-12-19)17-8-13-20(24)21(25)14-17/h8,13-16,18-19H,2-7,9-12H2,1H3. The molecule has 2 aliphatic carbocycles. The van der Waals surface area contributed by atoms with Crippen LogP contribution in [0.25, 0.3) is 0 Å². The molecule has 0 atom stereocenters. The van der Waals surface area contributed by atoms with Crippen molar-refractivity contribution in [1.29, 1.82) is 0 Å². The van der Waals surface area contributed by atoms with Crippen LogP contribution in [0.1, 0.15) is 82.6 Å². The first-order chi connectivity index (χ1) is 13.7. The average molecular weight is 420 g/mol. The van der Waals surface area contributed by atoms with Crippen molar-refractivity contribution in [1.82, 2.24) is 0 Å². The van der Waals surface area contributed by atoms with Crippen molar-refractivity contribution in [2.75, 3.05) is 0 Å². The molecule has 0 heterocycles. The summed E-state index contributed by atoms with van der Waals surface area (Å²) in [6.07, 6.45) is 4.00. The van der Waals surface area contributed by atoms with Crippen LogP contribution in [0.3, 0.4) is 0 Å². The molecule has 0 radical (unpaired) electrons. The molecular formula is C23H30F6. The zero-order chi connectivity index (χ0) is 21.2. The van der Waals surface area contributed by atoms with Crippen molar-refractivity contribution in [2.24, 2.45) is 17.8 Å². The fourth-order valence-electron chi connectivity index (χ4n) is 5.32. The van der Waals surface area contributed by atoms with E-state index in [4.69, 9.17) is 0 Å². The summed E-state index contributed by atoms with van der Waals surface area (Å²) in [5.74, 6) is -12.4. The van der Waals surface area contributed by atoms with Crippen molar-refractivity contribution in [3.8, 4) is 0 Å². The molecule has 0 N–H and O–H groups in total. The monoisotopic (exact) mass is 420 g/mol. The Morgan fingerprint density at radius 2 is 1.28 bits per heavy atom. The molecule has 0 amide bonds. The van der Waals surface area contributed by atoms with Gasteiger partial charge in [-0.05, 0) is 80.9 Å². The fraction of sp³-hybridized carbons (Fsp3) is 0.739. The maximum atomic E-state index is 14.9. The second kappa shape index (κ2) is 8.89. The lowest BCUT2D eigenvalue weighted by atomic mass is 9.70. The zero-order valence-electron chi connectivity index (χ0n) is 16.9. The van der Waals surface area contributed by atoms with Crippen LogP contribution in [0.15, 0.2) is 18.2 Å². The largest absolute Gasteiger partial charge is 0.313 e. The van der Waals surface area contributed by atoms with Gasteiger partial charge in [-0.15, -0.1) is 0 Å². The minimum absolute atomic E-state index is 0.0303. The molecule has 0 aromatic heterocycles. The molecule has 0 aliphatic heterocycles. The Kier molecular flexibility index (Phi) is 6.89. The third-order valence-corrected chi connectivity index (χ3v) is 7.16. The van der Waals surface area contributed by atoms with E-state index in [9.17, 15) is 26.3 Å². The van der Waals surface area contributed by atoms with Crippen molar-refractivity contribution in [3.63, 3.8) is 0 Å². The van der Waals surface area contributed by atoms with E-state index in [1.165, 1.54) is 6.07 Å². The van der Waals surface area contributed by atoms with Crippen LogP contribution in [0, 0.1) is 29.4 Å². The van der Waals surface area contributed by atoms with E-state index in [-0.39, 0.29) is 44.4 Å². The molecule has 2 fully saturated rings. The van der Waals surface area contributed by atoms with Gasteiger partial charge in [-0.25, -0.2) is 8.78 Å². The third-order valence-electron chi connectivity index (χ3n) is 7.16. The molecule has 2 aliphatic rings. The smallest absolute Gasteiger partial charge is 0.204 e. The predicted octanol–water partition coefficient (Wildman–Crippen LogP) is 8.12. The Labute approximate surface area is 169 Å². The summed E-state index contributed by atoms with van der Waals surface area (Å²) in [4.78, 5) is 0. The molecule has 0 spiro atoms. The Hall–Kier alpha value is -1.20. The molecule has 1 aromatic carbocycles. The van der Waals surface area contributed by atoms with Crippen LogP contribution in [-0.2, 0) is 0 Å². The van der Waals surface area contributed by atoms with Crippen LogP contribution < -0.4 is 0 Å². The number of hydrogen-bond acceptors (Lipinski definition) is 0. The number of benzene rings is 1. The van der Waals surface area contributed by atoms with E-state index >= 15 is 0 Å². The summed E-state index contributed by atoms with van der Waals surface area (Å²) in [6.45, 7) is 2.05. The third kappa shape index (κ3) is 4.61. The van der Waals surface area contributed by atoms with Crippen LogP contribution in [0.2, 0.25) is 0 Å². The Morgan fingerprint density at radius 3 is 1.76 bits per heavy atom. The number of halogens is 6. The molecule has 164 valence electrons. The molecular weight excluding hydrogens is 390 g/mol. The lowest BCUT2D eigenvalue weighted by Gasteiger charge is -2.42. The maximum Gasteiger partial charge on any atom is 0.313 e. The Morgan fingerprint density at radius 1 is 0.759 bits per heavy atom. The molecule has 0 nitrogen and oxygen atoms in total. The van der Waals surface area contributed by atoms with Crippen LogP contribution in [0.5, 0.6) is 0 Å². The number of alkyl halides is 4. The first-order valence-electron chi connectivity index (χ1n) is 10.9. The predicted molar refractivity (Wildman–Crippen MR) is 101 cm³/mol. The Balaban J connectivity index is 1.61. The summed E-state index contributed by atoms with van der Waals surface area (Å²) in [5.41, 5.74) is 0.548. The highest BCUT2D eigenvalue weighted by molar-refractivity contribution is 5.22. The molecule has 2 saturated carbocycles. The van der Waals surface area contributed by atoms with Gasteiger partial charge in [0.05, 0.1) is 0 Å². The first-order valence-corrected chi connectivity index (χ1v) is 10.9. The quantitative estimate of drug-likeness (QED) is 0.408. The highest BCUT2D eigenvalue weighted by Crippen LogP contribution is 2.54. The minimum atomic E-state index is -4.03. The van der Waals surface area contributed by atoms with Gasteiger partial charge in [0.1, 0.15) is 0 Å². The lowest BCUT2D eigenvalue weighted by molar-refractivity contribution is -0.269. The minimum Gasteiger partial charge on any atom is -0.204 e. The maximum absolute atomic E-state index is 14.9. The van der Waals surface area contributed by atoms with Gasteiger partial charge in [-0.1, -0.05) is 25.8 Å². The second-order valence-electron chi connectivity index (χ2n) is 8.97. The molecule has 3 rings (SSSR count). The lowest BCUT2D eigenvalue weighted by Crippen LogP contribution is -2.52. The molecule has 0 bridgehead atoms. The number of rotatable bonds is 6. The van der Waals surface area contributed by atoms with E-state index < -0.39 is 35.3 Å². The first kappa shape index (κ1) is 22.5. The van der Waals surface area contributed by atoms with E-state index in [2.05, 4.69) is 0 Å². The second-order valence-corrected chi connectivity index (χ2v) is 8.97. The normalized spacial score (nSPS) is 29.1. The average Bonchev–Trinajstić information content (AvgIpc) is 2.71. The van der Waals surface area contributed by atoms with Gasteiger partial charge in [0, 0.05) is 11.8 Å². The van der Waals surface area contributed by atoms with Gasteiger partial charge in [0.2, 0.25) is 0 Å². The van der Waals surface area contributed by atoms with Gasteiger partial charge in [0.15, 0.2) is 11.6 Å². The van der Waals surface area contributed by atoms with E-state index in [0.717, 1.165) is 25.0 Å². The summed E-state index contributed by atoms with van der Waals surface area (Å²) in [5, 5.41) is 0. The van der Waals surface area contributed by atoms with E-state index in [1.807, 2.05) is 6.92 Å². The molecule has 29 heavy (non-hydrogen) atoms. The molecule has 0 saturated heterocycles. The molecule has 0 unspecified atom stereocenters. The molecule has 1 aromatic rings. The van der Waals surface area contributed by atoms with Gasteiger partial charge in [-0.2, -0.15) is 17.6 Å². The van der Waals surface area contributed by atoms with Gasteiger partial charge < -0.3 is 0 Å². The van der Waals surface area contributed by atoms with Crippen molar-refractivity contribution >= 4 is 0 Å². The van der Waals surface area contributed by atoms with Crippen molar-refractivity contribution in [2.45, 2.75) is 88.9 Å². The molecule has 6 heteroatoms. The highest BCUT2D eigenvalue weighted by Gasteiger charge is 2.64. The fourth-order valence-corrected chi connectivity index (χ4v) is 5.32. The van der Waals surface area contributed by atoms with Crippen LogP contribution in [-0.4, -0.2) is 11.8 Å². The van der Waals surface area contributed by atoms with Crippen molar-refractivity contribution in [3.05, 3.63) is 35.4 Å². The summed E-state index contributed by atoms with van der Waals surface area (Å²) >= 11 is 0. The van der Waals surface area contributed by atoms with E-state index in [1.54, 1.807) is 0 Å². The van der Waals surface area contributed by atoms with Crippen LogP contribution >= 0.6 is 0 Å². The zero-order valence-corrected chi connectivity index (χ0v) is 16.9. The summed E-state index contributed by atoms with van der Waals surface area (Å²) in [6, 6.07) is 3.56. The SMILES string of the molecule is CCCC1CCC(C(F)(F)C(F)(F)C2CCC(c3ccc(F)c(F)c3)CC2)CC1. The topological polar surface area (TPSA) is 0 Å². The van der Waals surface area contributed by atoms with Crippen molar-refractivity contribution < 1.29 is 26.3 Å². The van der Waals surface area contributed by atoms with E-state index in [0.29, 0.717) is 24.3 Å². The number of hydrogen-bond donors (Lipinski definition) is 0. The van der Waals surface area contributed by atoms with Gasteiger partial charge in [-0.3, -0.25) is 0 Å². The van der Waals surface area contributed by atoms with Gasteiger partial charge >= 0.3 is 11.8 Å². The summed E-state index contributed by atoms with van der Waals surface area (Å²) < 4.78 is 86.1. The van der Waals surface area contributed by atoms with Crippen LogP contribution in [0.4, 0.5) is 26.3 Å². The summed E-state index contributed by atoms with van der Waals surface area (Å²) in [7, 11) is 0. The highest BCUT2D eigenvalue weighted by atomic mass is 19.3.